The second kappa shape index (κ2) is 5.81. The van der Waals surface area contributed by atoms with E-state index in [1.54, 1.807) is 0 Å². The molecular formula is C11H19NO2. The summed E-state index contributed by atoms with van der Waals surface area (Å²) in [5.74, 6) is 0.743. The van der Waals surface area contributed by atoms with Crippen LogP contribution in [0.3, 0.4) is 0 Å². The first kappa shape index (κ1) is 11.2. The van der Waals surface area contributed by atoms with Gasteiger partial charge >= 0.3 is 5.97 Å². The molecule has 1 saturated heterocycles. The number of esters is 1. The predicted molar refractivity (Wildman–Crippen MR) is 55.9 cm³/mol. The lowest BCUT2D eigenvalue weighted by atomic mass is 9.84. The monoisotopic (exact) mass is 197 g/mol. The molecule has 0 unspecified atom stereocenters. The Morgan fingerprint density at radius 3 is 3.14 bits per heavy atom. The Morgan fingerprint density at radius 1 is 1.71 bits per heavy atom. The molecule has 0 amide bonds. The van der Waals surface area contributed by atoms with E-state index < -0.39 is 0 Å². The van der Waals surface area contributed by atoms with Crippen LogP contribution < -0.4 is 5.32 Å². The van der Waals surface area contributed by atoms with Gasteiger partial charge in [0.1, 0.15) is 0 Å². The number of ether oxygens (including phenoxy) is 1. The summed E-state index contributed by atoms with van der Waals surface area (Å²) in [4.78, 5) is 11.3. The molecule has 0 spiro atoms. The molecule has 80 valence electrons. The predicted octanol–water partition coefficient (Wildman–Crippen LogP) is 1.35. The summed E-state index contributed by atoms with van der Waals surface area (Å²) in [6.45, 7) is 8.04. The van der Waals surface area contributed by atoms with Crippen molar-refractivity contribution >= 4 is 5.97 Å². The topological polar surface area (TPSA) is 38.3 Å². The molecule has 1 rings (SSSR count). The van der Waals surface area contributed by atoms with Gasteiger partial charge in [-0.25, -0.2) is 0 Å². The average Bonchev–Trinajstić information content (AvgIpc) is 2.19. The Bertz CT molecular complexity index is 203. The van der Waals surface area contributed by atoms with E-state index in [9.17, 15) is 4.79 Å². The van der Waals surface area contributed by atoms with Gasteiger partial charge in [0.2, 0.25) is 0 Å². The fourth-order valence-corrected chi connectivity index (χ4v) is 1.90. The molecular weight excluding hydrogens is 178 g/mol. The van der Waals surface area contributed by atoms with Crippen molar-refractivity contribution in [2.75, 3.05) is 19.7 Å². The summed E-state index contributed by atoms with van der Waals surface area (Å²) in [5.41, 5.74) is 0. The molecule has 1 aliphatic heterocycles. The normalized spacial score (nSPS) is 26.9. The summed E-state index contributed by atoms with van der Waals surface area (Å²) in [7, 11) is 0. The van der Waals surface area contributed by atoms with Gasteiger partial charge in [0.05, 0.1) is 6.61 Å². The summed E-state index contributed by atoms with van der Waals surface area (Å²) >= 11 is 0. The molecule has 14 heavy (non-hydrogen) atoms. The number of rotatable bonds is 4. The first-order chi connectivity index (χ1) is 6.77. The van der Waals surface area contributed by atoms with Crippen LogP contribution in [0.4, 0.5) is 0 Å². The maximum Gasteiger partial charge on any atom is 0.306 e. The first-order valence-electron chi connectivity index (χ1n) is 5.26. The highest BCUT2D eigenvalue weighted by molar-refractivity contribution is 5.69. The van der Waals surface area contributed by atoms with Crippen LogP contribution in [0.2, 0.25) is 0 Å². The molecule has 0 aromatic carbocycles. The van der Waals surface area contributed by atoms with Gasteiger partial charge in [-0.3, -0.25) is 4.79 Å². The molecule has 0 aliphatic carbocycles. The fourth-order valence-electron chi connectivity index (χ4n) is 1.90. The van der Waals surface area contributed by atoms with Crippen LogP contribution in [-0.4, -0.2) is 25.7 Å². The van der Waals surface area contributed by atoms with Crippen LogP contribution in [0.15, 0.2) is 12.7 Å². The summed E-state index contributed by atoms with van der Waals surface area (Å²) in [5, 5.41) is 3.30. The molecule has 0 aromatic rings. The van der Waals surface area contributed by atoms with Crippen LogP contribution in [0, 0.1) is 11.8 Å². The maximum absolute atomic E-state index is 11.3. The third-order valence-electron chi connectivity index (χ3n) is 2.71. The zero-order valence-corrected chi connectivity index (χ0v) is 8.79. The lowest BCUT2D eigenvalue weighted by Gasteiger charge is -2.29. The fraction of sp³-hybridized carbons (Fsp3) is 0.727. The number of hydrogen-bond donors (Lipinski definition) is 1. The van der Waals surface area contributed by atoms with Gasteiger partial charge in [-0.2, -0.15) is 0 Å². The Kier molecular flexibility index (Phi) is 4.66. The van der Waals surface area contributed by atoms with Crippen LogP contribution in [-0.2, 0) is 9.53 Å². The SMILES string of the molecule is C=C[C@@H]1CNCC[C@H]1CC(=O)OCC. The van der Waals surface area contributed by atoms with Crippen LogP contribution in [0.1, 0.15) is 19.8 Å². The Morgan fingerprint density at radius 2 is 2.50 bits per heavy atom. The van der Waals surface area contributed by atoms with E-state index in [1.165, 1.54) is 0 Å². The van der Waals surface area contributed by atoms with E-state index in [-0.39, 0.29) is 5.97 Å². The summed E-state index contributed by atoms with van der Waals surface area (Å²) in [6.07, 6.45) is 3.51. The first-order valence-corrected chi connectivity index (χ1v) is 5.26. The highest BCUT2D eigenvalue weighted by atomic mass is 16.5. The molecule has 0 bridgehead atoms. The van der Waals surface area contributed by atoms with Crippen molar-refractivity contribution in [2.45, 2.75) is 19.8 Å². The molecule has 1 fully saturated rings. The van der Waals surface area contributed by atoms with Crippen molar-refractivity contribution < 1.29 is 9.53 Å². The Balaban J connectivity index is 2.39. The van der Waals surface area contributed by atoms with E-state index in [1.807, 2.05) is 13.0 Å². The van der Waals surface area contributed by atoms with Crippen LogP contribution in [0.25, 0.3) is 0 Å². The molecule has 0 saturated carbocycles. The Labute approximate surface area is 85.5 Å². The van der Waals surface area contributed by atoms with E-state index in [0.717, 1.165) is 19.5 Å². The minimum atomic E-state index is -0.0775. The van der Waals surface area contributed by atoms with Gasteiger partial charge in [0.25, 0.3) is 0 Å². The number of nitrogens with one attached hydrogen (secondary N) is 1. The van der Waals surface area contributed by atoms with E-state index in [2.05, 4.69) is 11.9 Å². The van der Waals surface area contributed by atoms with Crippen molar-refractivity contribution in [1.29, 1.82) is 0 Å². The quantitative estimate of drug-likeness (QED) is 0.546. The number of hydrogen-bond acceptors (Lipinski definition) is 3. The highest BCUT2D eigenvalue weighted by Crippen LogP contribution is 2.23. The third-order valence-corrected chi connectivity index (χ3v) is 2.71. The Hall–Kier alpha value is -0.830. The smallest absolute Gasteiger partial charge is 0.306 e. The maximum atomic E-state index is 11.3. The van der Waals surface area contributed by atoms with Crippen molar-refractivity contribution in [1.82, 2.24) is 5.32 Å². The molecule has 1 aliphatic rings. The van der Waals surface area contributed by atoms with Crippen molar-refractivity contribution in [3.05, 3.63) is 12.7 Å². The molecule has 2 atom stereocenters. The lowest BCUT2D eigenvalue weighted by Crippen LogP contribution is -2.36. The molecule has 1 heterocycles. The van der Waals surface area contributed by atoms with Crippen molar-refractivity contribution in [3.8, 4) is 0 Å². The number of carbonyl (C=O) groups is 1. The largest absolute Gasteiger partial charge is 0.466 e. The van der Waals surface area contributed by atoms with E-state index >= 15 is 0 Å². The molecule has 0 radical (unpaired) electrons. The van der Waals surface area contributed by atoms with Gasteiger partial charge in [-0.05, 0) is 31.7 Å². The van der Waals surface area contributed by atoms with Gasteiger partial charge < -0.3 is 10.1 Å². The van der Waals surface area contributed by atoms with Gasteiger partial charge in [-0.15, -0.1) is 6.58 Å². The average molecular weight is 197 g/mol. The van der Waals surface area contributed by atoms with Crippen molar-refractivity contribution in [2.24, 2.45) is 11.8 Å². The molecule has 1 N–H and O–H groups in total. The van der Waals surface area contributed by atoms with Gasteiger partial charge in [0.15, 0.2) is 0 Å². The van der Waals surface area contributed by atoms with Crippen LogP contribution >= 0.6 is 0 Å². The third kappa shape index (κ3) is 3.14. The zero-order chi connectivity index (χ0) is 10.4. The molecule has 3 heteroatoms. The number of piperidine rings is 1. The molecule has 3 nitrogen and oxygen atoms in total. The van der Waals surface area contributed by atoms with E-state index in [4.69, 9.17) is 4.74 Å². The second-order valence-electron chi connectivity index (χ2n) is 3.66. The van der Waals surface area contributed by atoms with Crippen molar-refractivity contribution in [3.63, 3.8) is 0 Å². The second-order valence-corrected chi connectivity index (χ2v) is 3.66. The molecule has 0 aromatic heterocycles. The number of carbonyl (C=O) groups excluding carboxylic acids is 1. The van der Waals surface area contributed by atoms with Gasteiger partial charge in [-0.1, -0.05) is 6.08 Å². The minimum absolute atomic E-state index is 0.0775. The van der Waals surface area contributed by atoms with Gasteiger partial charge in [0, 0.05) is 13.0 Å². The lowest BCUT2D eigenvalue weighted by molar-refractivity contribution is -0.144. The minimum Gasteiger partial charge on any atom is -0.466 e. The van der Waals surface area contributed by atoms with Crippen LogP contribution in [0.5, 0.6) is 0 Å². The highest BCUT2D eigenvalue weighted by Gasteiger charge is 2.24. The summed E-state index contributed by atoms with van der Waals surface area (Å²) < 4.78 is 4.94. The van der Waals surface area contributed by atoms with E-state index in [0.29, 0.717) is 24.9 Å². The standard InChI is InChI=1S/C11H19NO2/c1-3-9-8-12-6-5-10(9)7-11(13)14-4-2/h3,9-10,12H,1,4-8H2,2H3/t9-,10+/m1/s1. The summed E-state index contributed by atoms with van der Waals surface area (Å²) in [6, 6.07) is 0. The zero-order valence-electron chi connectivity index (χ0n) is 8.79.